The SMILES string of the molecule is Cc1ccc(Cl)c(OC(C)C(=O)NCC2(N3CCOCC3)CCSC2)c1. The van der Waals surface area contributed by atoms with Gasteiger partial charge in [0, 0.05) is 30.9 Å². The predicted octanol–water partition coefficient (Wildman–Crippen LogP) is 2.74. The number of aryl methyl sites for hydroxylation is 1. The quantitative estimate of drug-likeness (QED) is 0.798. The standard InChI is InChI=1S/C19H27ClN2O3S/c1-14-3-4-16(20)17(11-14)25-15(2)18(23)21-12-19(5-10-26-13-19)22-6-8-24-9-7-22/h3-4,11,15H,5-10,12-13H2,1-2H3,(H,21,23). The Morgan fingerprint density at radius 3 is 2.92 bits per heavy atom. The molecule has 2 heterocycles. The molecule has 0 bridgehead atoms. The van der Waals surface area contributed by atoms with Crippen molar-refractivity contribution in [1.29, 1.82) is 0 Å². The number of thioether (sulfide) groups is 1. The molecule has 2 fully saturated rings. The average molecular weight is 399 g/mol. The van der Waals surface area contributed by atoms with Crippen molar-refractivity contribution in [1.82, 2.24) is 10.2 Å². The summed E-state index contributed by atoms with van der Waals surface area (Å²) in [4.78, 5) is 15.1. The summed E-state index contributed by atoms with van der Waals surface area (Å²) in [6.07, 6.45) is 0.502. The Kier molecular flexibility index (Phi) is 6.72. The first kappa shape index (κ1) is 19.8. The lowest BCUT2D eigenvalue weighted by molar-refractivity contribution is -0.128. The zero-order chi connectivity index (χ0) is 18.6. The normalized spacial score (nSPS) is 25.0. The molecule has 1 aromatic carbocycles. The Morgan fingerprint density at radius 1 is 1.46 bits per heavy atom. The molecule has 7 heteroatoms. The number of carbonyl (C=O) groups is 1. The third kappa shape index (κ3) is 4.66. The van der Waals surface area contributed by atoms with Gasteiger partial charge in [-0.2, -0.15) is 11.8 Å². The van der Waals surface area contributed by atoms with Crippen molar-refractivity contribution in [3.05, 3.63) is 28.8 Å². The Hall–Kier alpha value is -0.950. The van der Waals surface area contributed by atoms with Gasteiger partial charge in [-0.15, -0.1) is 0 Å². The molecule has 0 saturated carbocycles. The number of nitrogens with zero attached hydrogens (tertiary/aromatic N) is 1. The van der Waals surface area contributed by atoms with Crippen LogP contribution < -0.4 is 10.1 Å². The number of amides is 1. The summed E-state index contributed by atoms with van der Waals surface area (Å²) in [5.41, 5.74) is 1.08. The highest BCUT2D eigenvalue weighted by Gasteiger charge is 2.41. The van der Waals surface area contributed by atoms with Gasteiger partial charge in [0.25, 0.3) is 5.91 Å². The summed E-state index contributed by atoms with van der Waals surface area (Å²) < 4.78 is 11.3. The van der Waals surface area contributed by atoms with Crippen LogP contribution in [0.3, 0.4) is 0 Å². The van der Waals surface area contributed by atoms with Crippen molar-refractivity contribution in [2.75, 3.05) is 44.4 Å². The minimum Gasteiger partial charge on any atom is -0.479 e. The fraction of sp³-hybridized carbons (Fsp3) is 0.632. The molecule has 5 nitrogen and oxygen atoms in total. The molecular formula is C19H27ClN2O3S. The van der Waals surface area contributed by atoms with Gasteiger partial charge in [-0.1, -0.05) is 17.7 Å². The molecule has 0 aliphatic carbocycles. The van der Waals surface area contributed by atoms with Gasteiger partial charge in [-0.3, -0.25) is 9.69 Å². The summed E-state index contributed by atoms with van der Waals surface area (Å²) in [7, 11) is 0. The number of rotatable bonds is 6. The van der Waals surface area contributed by atoms with E-state index in [2.05, 4.69) is 10.2 Å². The topological polar surface area (TPSA) is 50.8 Å². The van der Waals surface area contributed by atoms with E-state index in [9.17, 15) is 4.79 Å². The van der Waals surface area contributed by atoms with E-state index in [1.54, 1.807) is 13.0 Å². The monoisotopic (exact) mass is 398 g/mol. The third-order valence-electron chi connectivity index (χ3n) is 5.12. The molecule has 0 spiro atoms. The highest BCUT2D eigenvalue weighted by atomic mass is 35.5. The third-order valence-corrected chi connectivity index (χ3v) is 6.66. The van der Waals surface area contributed by atoms with Crippen LogP contribution in [-0.4, -0.2) is 66.8 Å². The van der Waals surface area contributed by atoms with Crippen molar-refractivity contribution in [2.24, 2.45) is 0 Å². The van der Waals surface area contributed by atoms with Gasteiger partial charge < -0.3 is 14.8 Å². The maximum atomic E-state index is 12.6. The van der Waals surface area contributed by atoms with Crippen molar-refractivity contribution >= 4 is 29.3 Å². The molecule has 1 aromatic rings. The van der Waals surface area contributed by atoms with Crippen LogP contribution in [0, 0.1) is 6.92 Å². The minimum atomic E-state index is -0.593. The van der Waals surface area contributed by atoms with Crippen molar-refractivity contribution in [3.63, 3.8) is 0 Å². The van der Waals surface area contributed by atoms with E-state index < -0.39 is 6.10 Å². The predicted molar refractivity (Wildman–Crippen MR) is 106 cm³/mol. The Balaban J connectivity index is 1.58. The van der Waals surface area contributed by atoms with Gasteiger partial charge in [-0.25, -0.2) is 0 Å². The summed E-state index contributed by atoms with van der Waals surface area (Å²) in [5, 5.41) is 3.63. The highest BCUT2D eigenvalue weighted by Crippen LogP contribution is 2.33. The van der Waals surface area contributed by atoms with Crippen molar-refractivity contribution < 1.29 is 14.3 Å². The molecule has 1 amide bonds. The maximum Gasteiger partial charge on any atom is 0.260 e. The molecule has 0 aromatic heterocycles. The summed E-state index contributed by atoms with van der Waals surface area (Å²) in [6, 6.07) is 5.57. The van der Waals surface area contributed by atoms with Crippen LogP contribution in [0.2, 0.25) is 5.02 Å². The highest BCUT2D eigenvalue weighted by molar-refractivity contribution is 7.99. The van der Waals surface area contributed by atoms with Crippen LogP contribution in [-0.2, 0) is 9.53 Å². The van der Waals surface area contributed by atoms with Crippen LogP contribution in [0.5, 0.6) is 5.75 Å². The van der Waals surface area contributed by atoms with E-state index in [1.807, 2.05) is 30.8 Å². The van der Waals surface area contributed by atoms with Gasteiger partial charge >= 0.3 is 0 Å². The van der Waals surface area contributed by atoms with Gasteiger partial charge in [-0.05, 0) is 43.7 Å². The lowest BCUT2D eigenvalue weighted by Crippen LogP contribution is -2.59. The molecule has 3 rings (SSSR count). The second-order valence-electron chi connectivity index (χ2n) is 7.04. The number of ether oxygens (including phenoxy) is 2. The van der Waals surface area contributed by atoms with Crippen molar-refractivity contribution in [2.45, 2.75) is 31.9 Å². The largest absolute Gasteiger partial charge is 0.479 e. The second kappa shape index (κ2) is 8.83. The molecule has 1 N–H and O–H groups in total. The molecule has 0 radical (unpaired) electrons. The number of halogens is 1. The fourth-order valence-corrected chi connectivity index (χ4v) is 5.11. The fourth-order valence-electron chi connectivity index (χ4n) is 3.48. The first-order valence-corrected chi connectivity index (χ1v) is 10.6. The van der Waals surface area contributed by atoms with Crippen LogP contribution in [0.25, 0.3) is 0 Å². The van der Waals surface area contributed by atoms with E-state index in [4.69, 9.17) is 21.1 Å². The molecular weight excluding hydrogens is 372 g/mol. The molecule has 144 valence electrons. The Labute approximate surface area is 164 Å². The van der Waals surface area contributed by atoms with Crippen LogP contribution in [0.15, 0.2) is 18.2 Å². The van der Waals surface area contributed by atoms with Gasteiger partial charge in [0.05, 0.1) is 18.2 Å². The van der Waals surface area contributed by atoms with E-state index in [0.29, 0.717) is 17.3 Å². The Bertz CT molecular complexity index is 631. The molecule has 2 saturated heterocycles. The summed E-state index contributed by atoms with van der Waals surface area (Å²) in [5.74, 6) is 2.63. The number of nitrogens with one attached hydrogen (secondary N) is 1. The summed E-state index contributed by atoms with van der Waals surface area (Å²) >= 11 is 8.13. The van der Waals surface area contributed by atoms with E-state index in [-0.39, 0.29) is 11.4 Å². The van der Waals surface area contributed by atoms with E-state index >= 15 is 0 Å². The molecule has 2 aliphatic heterocycles. The van der Waals surface area contributed by atoms with Gasteiger partial charge in [0.2, 0.25) is 0 Å². The Morgan fingerprint density at radius 2 is 2.23 bits per heavy atom. The first-order chi connectivity index (χ1) is 12.5. The molecule has 26 heavy (non-hydrogen) atoms. The van der Waals surface area contributed by atoms with E-state index in [1.165, 1.54) is 0 Å². The molecule has 2 aliphatic rings. The molecule has 2 unspecified atom stereocenters. The van der Waals surface area contributed by atoms with Gasteiger partial charge in [0.15, 0.2) is 6.10 Å². The average Bonchev–Trinajstić information content (AvgIpc) is 3.13. The van der Waals surface area contributed by atoms with Gasteiger partial charge in [0.1, 0.15) is 5.75 Å². The zero-order valence-electron chi connectivity index (χ0n) is 15.4. The van der Waals surface area contributed by atoms with Crippen LogP contribution in [0.1, 0.15) is 18.9 Å². The van der Waals surface area contributed by atoms with Crippen LogP contribution in [0.4, 0.5) is 0 Å². The lowest BCUT2D eigenvalue weighted by Gasteiger charge is -2.43. The van der Waals surface area contributed by atoms with Crippen LogP contribution >= 0.6 is 23.4 Å². The van der Waals surface area contributed by atoms with Crippen molar-refractivity contribution in [3.8, 4) is 5.75 Å². The number of hydrogen-bond acceptors (Lipinski definition) is 5. The lowest BCUT2D eigenvalue weighted by atomic mass is 9.95. The molecule has 2 atom stereocenters. The minimum absolute atomic E-state index is 0.0325. The number of hydrogen-bond donors (Lipinski definition) is 1. The number of carbonyl (C=O) groups excluding carboxylic acids is 1. The number of benzene rings is 1. The second-order valence-corrected chi connectivity index (χ2v) is 8.55. The maximum absolute atomic E-state index is 12.6. The first-order valence-electron chi connectivity index (χ1n) is 9.11. The zero-order valence-corrected chi connectivity index (χ0v) is 17.0. The summed E-state index contributed by atoms with van der Waals surface area (Å²) in [6.45, 7) is 7.78. The number of morpholine rings is 1. The van der Waals surface area contributed by atoms with E-state index in [0.717, 1.165) is 49.8 Å². The smallest absolute Gasteiger partial charge is 0.260 e.